The van der Waals surface area contributed by atoms with Gasteiger partial charge in [-0.05, 0) is 48.0 Å². The average Bonchev–Trinajstić information content (AvgIpc) is 3.10. The van der Waals surface area contributed by atoms with Crippen molar-refractivity contribution < 1.29 is 8.42 Å². The maximum absolute atomic E-state index is 13.4. The van der Waals surface area contributed by atoms with E-state index >= 15 is 0 Å². The first-order valence-corrected chi connectivity index (χ1v) is 10.8. The van der Waals surface area contributed by atoms with E-state index in [-0.39, 0.29) is 4.90 Å². The molecule has 3 aromatic rings. The number of hydrogen-bond donors (Lipinski definition) is 0. The third-order valence-electron chi connectivity index (χ3n) is 4.65. The van der Waals surface area contributed by atoms with Crippen LogP contribution >= 0.6 is 34.8 Å². The van der Waals surface area contributed by atoms with Gasteiger partial charge in [0.25, 0.3) is 0 Å². The van der Waals surface area contributed by atoms with Crippen molar-refractivity contribution in [3.8, 4) is 0 Å². The molecule has 0 amide bonds. The van der Waals surface area contributed by atoms with E-state index in [0.717, 1.165) is 5.69 Å². The molecule has 8 heteroatoms. The molecule has 0 N–H and O–H groups in total. The Morgan fingerprint density at radius 1 is 0.889 bits per heavy atom. The highest BCUT2D eigenvalue weighted by Gasteiger charge is 2.38. The molecule has 1 aliphatic heterocycles. The lowest BCUT2D eigenvalue weighted by molar-refractivity contribution is 0.298. The van der Waals surface area contributed by atoms with Crippen LogP contribution in [-0.4, -0.2) is 23.8 Å². The monoisotopic (exact) mass is 440 g/mol. The molecule has 1 aromatic heterocycles. The molecule has 4 rings (SSSR count). The van der Waals surface area contributed by atoms with E-state index in [2.05, 4.69) is 0 Å². The predicted molar refractivity (Wildman–Crippen MR) is 108 cm³/mol. The SMILES string of the molecule is O=S(=O)(c1cccc(Cl)c1)N1CCn2cccc2C1c1ccc(Cl)cc1Cl. The first-order valence-electron chi connectivity index (χ1n) is 8.25. The molecule has 1 aliphatic rings. The summed E-state index contributed by atoms with van der Waals surface area (Å²) in [5.74, 6) is 0. The minimum absolute atomic E-state index is 0.157. The first-order chi connectivity index (χ1) is 12.9. The second kappa shape index (κ2) is 7.15. The normalized spacial score (nSPS) is 17.7. The van der Waals surface area contributed by atoms with Crippen LogP contribution in [-0.2, 0) is 16.6 Å². The van der Waals surface area contributed by atoms with Gasteiger partial charge < -0.3 is 4.57 Å². The smallest absolute Gasteiger partial charge is 0.244 e. The molecule has 1 unspecified atom stereocenters. The number of benzene rings is 2. The third-order valence-corrected chi connectivity index (χ3v) is 7.31. The van der Waals surface area contributed by atoms with Gasteiger partial charge in [0.1, 0.15) is 0 Å². The van der Waals surface area contributed by atoms with E-state index in [0.29, 0.717) is 33.7 Å². The molecule has 0 spiro atoms. The molecule has 140 valence electrons. The van der Waals surface area contributed by atoms with Crippen molar-refractivity contribution >= 4 is 44.8 Å². The summed E-state index contributed by atoms with van der Waals surface area (Å²) in [4.78, 5) is 0.157. The highest BCUT2D eigenvalue weighted by Crippen LogP contribution is 2.40. The van der Waals surface area contributed by atoms with Crippen LogP contribution in [0.5, 0.6) is 0 Å². The summed E-state index contributed by atoms with van der Waals surface area (Å²) in [5.41, 5.74) is 1.54. The van der Waals surface area contributed by atoms with Crippen LogP contribution in [0.4, 0.5) is 0 Å². The molecular weight excluding hydrogens is 427 g/mol. The Bertz CT molecular complexity index is 1110. The fourth-order valence-electron chi connectivity index (χ4n) is 3.42. The Kier molecular flexibility index (Phi) is 4.99. The topological polar surface area (TPSA) is 42.3 Å². The lowest BCUT2D eigenvalue weighted by atomic mass is 10.0. The zero-order valence-corrected chi connectivity index (χ0v) is 17.1. The van der Waals surface area contributed by atoms with Crippen molar-refractivity contribution in [2.45, 2.75) is 17.5 Å². The molecule has 0 bridgehead atoms. The van der Waals surface area contributed by atoms with Gasteiger partial charge in [-0.2, -0.15) is 4.31 Å². The van der Waals surface area contributed by atoms with Gasteiger partial charge in [-0.15, -0.1) is 0 Å². The number of sulfonamides is 1. The molecule has 0 fully saturated rings. The summed E-state index contributed by atoms with van der Waals surface area (Å²) >= 11 is 18.5. The molecule has 4 nitrogen and oxygen atoms in total. The van der Waals surface area contributed by atoms with E-state index in [1.54, 1.807) is 36.4 Å². The molecule has 1 atom stereocenters. The molecule has 0 saturated heterocycles. The molecule has 27 heavy (non-hydrogen) atoms. The summed E-state index contributed by atoms with van der Waals surface area (Å²) < 4.78 is 30.4. The fourth-order valence-corrected chi connectivity index (χ4v) is 5.81. The number of rotatable bonds is 3. The average molecular weight is 442 g/mol. The highest BCUT2D eigenvalue weighted by atomic mass is 35.5. The minimum atomic E-state index is -3.79. The highest BCUT2D eigenvalue weighted by molar-refractivity contribution is 7.89. The van der Waals surface area contributed by atoms with Crippen molar-refractivity contribution in [3.05, 3.63) is 87.1 Å². The number of halogens is 3. The number of fused-ring (bicyclic) bond motifs is 1. The van der Waals surface area contributed by atoms with E-state index in [1.807, 2.05) is 22.9 Å². The summed E-state index contributed by atoms with van der Waals surface area (Å²) in [5, 5.41) is 1.30. The first kappa shape index (κ1) is 18.8. The molecule has 0 aliphatic carbocycles. The second-order valence-corrected chi connectivity index (χ2v) is 9.44. The quantitative estimate of drug-likeness (QED) is 0.557. The van der Waals surface area contributed by atoms with Crippen LogP contribution < -0.4 is 0 Å². The van der Waals surface area contributed by atoms with Crippen LogP contribution in [0.1, 0.15) is 17.3 Å². The van der Waals surface area contributed by atoms with E-state index < -0.39 is 16.1 Å². The number of hydrogen-bond acceptors (Lipinski definition) is 2. The third kappa shape index (κ3) is 3.39. The fraction of sp³-hybridized carbons (Fsp3) is 0.158. The van der Waals surface area contributed by atoms with Crippen molar-refractivity contribution in [3.63, 3.8) is 0 Å². The summed E-state index contributed by atoms with van der Waals surface area (Å²) in [6, 6.07) is 14.7. The van der Waals surface area contributed by atoms with Crippen molar-refractivity contribution in [2.75, 3.05) is 6.54 Å². The number of aromatic nitrogens is 1. The van der Waals surface area contributed by atoms with Crippen LogP contribution in [0.3, 0.4) is 0 Å². The summed E-state index contributed by atoms with van der Waals surface area (Å²) in [6.45, 7) is 0.879. The van der Waals surface area contributed by atoms with Gasteiger partial charge in [0.2, 0.25) is 10.0 Å². The van der Waals surface area contributed by atoms with Crippen molar-refractivity contribution in [1.29, 1.82) is 0 Å². The Hall–Kier alpha value is -1.50. The Morgan fingerprint density at radius 2 is 1.67 bits per heavy atom. The Labute approximate surface area is 172 Å². The maximum Gasteiger partial charge on any atom is 0.244 e. The van der Waals surface area contributed by atoms with Crippen molar-refractivity contribution in [2.24, 2.45) is 0 Å². The van der Waals surface area contributed by atoms with Crippen LogP contribution in [0.2, 0.25) is 15.1 Å². The molecule has 0 radical (unpaired) electrons. The number of nitrogens with zero attached hydrogens (tertiary/aromatic N) is 2. The molecular formula is C19H15Cl3N2O2S. The van der Waals surface area contributed by atoms with Crippen LogP contribution in [0.15, 0.2) is 65.7 Å². The van der Waals surface area contributed by atoms with Crippen LogP contribution in [0.25, 0.3) is 0 Å². The zero-order chi connectivity index (χ0) is 19.2. The van der Waals surface area contributed by atoms with Gasteiger partial charge in [0.15, 0.2) is 0 Å². The van der Waals surface area contributed by atoms with E-state index in [1.165, 1.54) is 10.4 Å². The molecule has 2 aromatic carbocycles. The van der Waals surface area contributed by atoms with Crippen molar-refractivity contribution in [1.82, 2.24) is 8.87 Å². The minimum Gasteiger partial charge on any atom is -0.348 e. The second-order valence-electron chi connectivity index (χ2n) is 6.27. The van der Waals surface area contributed by atoms with Gasteiger partial charge in [-0.1, -0.05) is 46.9 Å². The van der Waals surface area contributed by atoms with Gasteiger partial charge in [-0.3, -0.25) is 0 Å². The Balaban J connectivity index is 1.89. The van der Waals surface area contributed by atoms with E-state index in [9.17, 15) is 8.42 Å². The van der Waals surface area contributed by atoms with Gasteiger partial charge in [-0.25, -0.2) is 8.42 Å². The van der Waals surface area contributed by atoms with Gasteiger partial charge in [0.05, 0.1) is 10.9 Å². The predicted octanol–water partition coefficient (Wildman–Crippen LogP) is 5.24. The maximum atomic E-state index is 13.4. The van der Waals surface area contributed by atoms with E-state index in [4.69, 9.17) is 34.8 Å². The Morgan fingerprint density at radius 3 is 2.41 bits per heavy atom. The lowest BCUT2D eigenvalue weighted by Crippen LogP contribution is -2.42. The lowest BCUT2D eigenvalue weighted by Gasteiger charge is -2.36. The van der Waals surface area contributed by atoms with Gasteiger partial charge >= 0.3 is 0 Å². The zero-order valence-electron chi connectivity index (χ0n) is 14.0. The molecule has 2 heterocycles. The standard InChI is InChI=1S/C19H15Cl3N2O2S/c20-13-3-1-4-15(11-13)27(25,26)24-10-9-23-8-2-5-18(23)19(24)16-7-6-14(21)12-17(16)22/h1-8,11-12,19H,9-10H2. The summed E-state index contributed by atoms with van der Waals surface area (Å²) in [6.07, 6.45) is 1.94. The molecule has 0 saturated carbocycles. The largest absolute Gasteiger partial charge is 0.348 e. The van der Waals surface area contributed by atoms with Crippen LogP contribution in [0, 0.1) is 0 Å². The summed E-state index contributed by atoms with van der Waals surface area (Å²) in [7, 11) is -3.79. The van der Waals surface area contributed by atoms with Gasteiger partial charge in [0, 0.05) is 40.0 Å².